The molecule has 0 bridgehead atoms. The number of fused-ring (bicyclic) bond motifs is 6. The highest BCUT2D eigenvalue weighted by Crippen LogP contribution is 2.53. The molecule has 6 rings (SSSR count). The lowest BCUT2D eigenvalue weighted by molar-refractivity contribution is 0.490. The Balaban J connectivity index is 1.43. The summed E-state index contributed by atoms with van der Waals surface area (Å²) in [5.74, 6) is 0. The summed E-state index contributed by atoms with van der Waals surface area (Å²) in [5.41, 5.74) is 9.83. The average Bonchev–Trinajstić information content (AvgIpc) is 3.32. The van der Waals surface area contributed by atoms with Crippen LogP contribution in [-0.2, 0) is 5.41 Å². The van der Waals surface area contributed by atoms with Crippen LogP contribution in [0.25, 0.3) is 33.1 Å². The topological polar surface area (TPSA) is 25.2 Å². The molecule has 2 heteroatoms. The van der Waals surface area contributed by atoms with Gasteiger partial charge in [0.25, 0.3) is 0 Å². The van der Waals surface area contributed by atoms with E-state index in [0.717, 1.165) is 46.2 Å². The first-order valence-electron chi connectivity index (χ1n) is 11.2. The van der Waals surface area contributed by atoms with Gasteiger partial charge in [0.05, 0.1) is 0 Å². The first-order chi connectivity index (χ1) is 15.2. The summed E-state index contributed by atoms with van der Waals surface area (Å²) < 4.78 is 5.98. The molecule has 152 valence electrons. The summed E-state index contributed by atoms with van der Waals surface area (Å²) in [6.45, 7) is 4.62. The third kappa shape index (κ3) is 2.58. The summed E-state index contributed by atoms with van der Waals surface area (Å²) in [6, 6.07) is 30.3. The van der Waals surface area contributed by atoms with E-state index >= 15 is 0 Å². The van der Waals surface area contributed by atoms with E-state index in [4.69, 9.17) is 4.42 Å². The first-order valence-corrected chi connectivity index (χ1v) is 11.2. The zero-order valence-electron chi connectivity index (χ0n) is 17.9. The van der Waals surface area contributed by atoms with Crippen molar-refractivity contribution in [3.8, 4) is 11.1 Å². The maximum Gasteiger partial charge on any atom is 0.135 e. The van der Waals surface area contributed by atoms with E-state index in [1.807, 2.05) is 12.1 Å². The second kappa shape index (κ2) is 6.75. The molecule has 0 saturated heterocycles. The van der Waals surface area contributed by atoms with Crippen LogP contribution in [0.2, 0.25) is 0 Å². The fraction of sp³-hybridized carbons (Fsp3) is 0.172. The van der Waals surface area contributed by atoms with Gasteiger partial charge in [0.2, 0.25) is 0 Å². The monoisotopic (exact) mass is 403 g/mol. The first kappa shape index (κ1) is 18.3. The summed E-state index contributed by atoms with van der Waals surface area (Å²) in [7, 11) is 0. The Labute approximate surface area is 182 Å². The number of anilines is 2. The normalized spacial score (nSPS) is 14.0. The minimum Gasteiger partial charge on any atom is -0.456 e. The molecule has 4 aromatic carbocycles. The van der Waals surface area contributed by atoms with Gasteiger partial charge in [-0.25, -0.2) is 0 Å². The molecular formula is C29H25NO. The van der Waals surface area contributed by atoms with Gasteiger partial charge in [-0.2, -0.15) is 0 Å². The number of nitrogens with one attached hydrogen (secondary N) is 1. The highest BCUT2D eigenvalue weighted by atomic mass is 16.3. The predicted octanol–water partition coefficient (Wildman–Crippen LogP) is 8.42. The van der Waals surface area contributed by atoms with Gasteiger partial charge in [-0.1, -0.05) is 62.4 Å². The Hall–Kier alpha value is -3.52. The van der Waals surface area contributed by atoms with Crippen molar-refractivity contribution < 1.29 is 4.42 Å². The number of para-hydroxylation sites is 1. The molecule has 0 radical (unpaired) electrons. The van der Waals surface area contributed by atoms with Crippen LogP contribution in [0.1, 0.15) is 37.8 Å². The second-order valence-corrected chi connectivity index (χ2v) is 8.53. The molecule has 0 unspecified atom stereocenters. The van der Waals surface area contributed by atoms with Gasteiger partial charge in [-0.05, 0) is 71.5 Å². The number of rotatable bonds is 4. The molecule has 5 aromatic rings. The van der Waals surface area contributed by atoms with Crippen molar-refractivity contribution in [2.75, 3.05) is 5.32 Å². The van der Waals surface area contributed by atoms with Gasteiger partial charge in [-0.3, -0.25) is 0 Å². The number of benzene rings is 4. The number of hydrogen-bond acceptors (Lipinski definition) is 2. The molecule has 2 nitrogen and oxygen atoms in total. The molecule has 1 aromatic heterocycles. The van der Waals surface area contributed by atoms with Gasteiger partial charge in [-0.15, -0.1) is 0 Å². The van der Waals surface area contributed by atoms with Crippen molar-refractivity contribution in [1.82, 2.24) is 0 Å². The van der Waals surface area contributed by atoms with Crippen LogP contribution in [0.15, 0.2) is 89.3 Å². The highest BCUT2D eigenvalue weighted by Gasteiger charge is 2.40. The Kier molecular flexibility index (Phi) is 3.97. The van der Waals surface area contributed by atoms with Crippen molar-refractivity contribution in [2.24, 2.45) is 0 Å². The standard InChI is InChI=1S/C29H25NO/c1-3-29(4-2)25-11-7-5-9-21(25)23-17-19(13-15-26(23)29)30-20-14-16-28-24(18-20)22-10-6-8-12-27(22)31-28/h5-18,30H,3-4H2,1-2H3. The third-order valence-electron chi connectivity index (χ3n) is 7.14. The maximum atomic E-state index is 5.98. The van der Waals surface area contributed by atoms with E-state index in [1.54, 1.807) is 0 Å². The Morgan fingerprint density at radius 1 is 0.645 bits per heavy atom. The molecule has 1 N–H and O–H groups in total. The molecule has 1 heterocycles. The Morgan fingerprint density at radius 2 is 1.32 bits per heavy atom. The van der Waals surface area contributed by atoms with Gasteiger partial charge in [0.1, 0.15) is 11.2 Å². The molecule has 31 heavy (non-hydrogen) atoms. The summed E-state index contributed by atoms with van der Waals surface area (Å²) in [6.07, 6.45) is 2.23. The lowest BCUT2D eigenvalue weighted by Crippen LogP contribution is -2.22. The smallest absolute Gasteiger partial charge is 0.135 e. The molecular weight excluding hydrogens is 378 g/mol. The van der Waals surface area contributed by atoms with E-state index in [-0.39, 0.29) is 5.41 Å². The maximum absolute atomic E-state index is 5.98. The molecule has 0 saturated carbocycles. The molecule has 0 spiro atoms. The fourth-order valence-electron chi connectivity index (χ4n) is 5.52. The minimum absolute atomic E-state index is 0.124. The molecule has 0 atom stereocenters. The molecule has 1 aliphatic carbocycles. The van der Waals surface area contributed by atoms with Crippen LogP contribution in [0.3, 0.4) is 0 Å². The van der Waals surface area contributed by atoms with Crippen LogP contribution in [-0.4, -0.2) is 0 Å². The largest absolute Gasteiger partial charge is 0.456 e. The van der Waals surface area contributed by atoms with E-state index in [9.17, 15) is 0 Å². The van der Waals surface area contributed by atoms with Gasteiger partial charge < -0.3 is 9.73 Å². The molecule has 0 amide bonds. The number of furan rings is 1. The van der Waals surface area contributed by atoms with E-state index in [1.165, 1.54) is 22.3 Å². The molecule has 0 fully saturated rings. The Morgan fingerprint density at radius 3 is 2.19 bits per heavy atom. The summed E-state index contributed by atoms with van der Waals surface area (Å²) >= 11 is 0. The van der Waals surface area contributed by atoms with Crippen molar-refractivity contribution in [3.05, 3.63) is 96.1 Å². The minimum atomic E-state index is 0.124. The van der Waals surface area contributed by atoms with Gasteiger partial charge in [0, 0.05) is 27.6 Å². The van der Waals surface area contributed by atoms with Gasteiger partial charge in [0.15, 0.2) is 0 Å². The van der Waals surface area contributed by atoms with Crippen molar-refractivity contribution in [2.45, 2.75) is 32.1 Å². The highest BCUT2D eigenvalue weighted by molar-refractivity contribution is 6.06. The lowest BCUT2D eigenvalue weighted by atomic mass is 9.74. The number of hydrogen-bond donors (Lipinski definition) is 1. The van der Waals surface area contributed by atoms with Crippen LogP contribution >= 0.6 is 0 Å². The quantitative estimate of drug-likeness (QED) is 0.326. The van der Waals surface area contributed by atoms with E-state index in [2.05, 4.69) is 92.0 Å². The predicted molar refractivity (Wildman–Crippen MR) is 130 cm³/mol. The van der Waals surface area contributed by atoms with Crippen molar-refractivity contribution in [1.29, 1.82) is 0 Å². The van der Waals surface area contributed by atoms with E-state index < -0.39 is 0 Å². The lowest BCUT2D eigenvalue weighted by Gasteiger charge is -2.29. The average molecular weight is 404 g/mol. The molecule has 0 aliphatic heterocycles. The van der Waals surface area contributed by atoms with Crippen LogP contribution < -0.4 is 5.32 Å². The second-order valence-electron chi connectivity index (χ2n) is 8.53. The van der Waals surface area contributed by atoms with Crippen molar-refractivity contribution >= 4 is 33.3 Å². The summed E-state index contributed by atoms with van der Waals surface area (Å²) in [4.78, 5) is 0. The Bertz CT molecular complexity index is 1440. The zero-order chi connectivity index (χ0) is 21.0. The van der Waals surface area contributed by atoms with E-state index in [0.29, 0.717) is 0 Å². The van der Waals surface area contributed by atoms with Crippen LogP contribution in [0.5, 0.6) is 0 Å². The van der Waals surface area contributed by atoms with Crippen LogP contribution in [0.4, 0.5) is 11.4 Å². The fourth-order valence-corrected chi connectivity index (χ4v) is 5.52. The molecule has 1 aliphatic rings. The van der Waals surface area contributed by atoms with Gasteiger partial charge >= 0.3 is 0 Å². The van der Waals surface area contributed by atoms with Crippen molar-refractivity contribution in [3.63, 3.8) is 0 Å². The zero-order valence-corrected chi connectivity index (χ0v) is 17.9. The summed E-state index contributed by atoms with van der Waals surface area (Å²) in [5, 5.41) is 5.93. The van der Waals surface area contributed by atoms with Crippen LogP contribution in [0, 0.1) is 0 Å². The SMILES string of the molecule is CCC1(CC)c2ccccc2-c2cc(Nc3ccc4oc5ccccc5c4c3)ccc21. The third-order valence-corrected chi connectivity index (χ3v) is 7.14.